The molecule has 1 aromatic heterocycles. The fraction of sp³-hybridized carbons (Fsp3) is 0.176. The Balaban J connectivity index is 2.02. The lowest BCUT2D eigenvalue weighted by atomic mass is 10.0. The van der Waals surface area contributed by atoms with E-state index in [1.54, 1.807) is 6.07 Å². The summed E-state index contributed by atoms with van der Waals surface area (Å²) < 4.78 is 11.5. The average Bonchev–Trinajstić information content (AvgIpc) is 2.90. The normalized spacial score (nSPS) is 12.5. The lowest BCUT2D eigenvalue weighted by Gasteiger charge is -2.14. The van der Waals surface area contributed by atoms with Crippen LogP contribution in [0.5, 0.6) is 5.75 Å². The molecule has 3 rings (SSSR count). The van der Waals surface area contributed by atoms with Crippen LogP contribution in [0.25, 0.3) is 11.0 Å². The molecule has 1 heterocycles. The molecule has 2 N–H and O–H groups in total. The Kier molecular flexibility index (Phi) is 3.86. The molecule has 4 heteroatoms. The second kappa shape index (κ2) is 5.80. The standard InChI is InChI=1S/C17H16ClNO2/c1-2-20-15-6-4-3-5-13(15)17(19)16-10-11-9-12(18)7-8-14(11)21-16/h3-10,17H,2,19H2,1H3. The molecule has 0 spiro atoms. The van der Waals surface area contributed by atoms with E-state index in [0.29, 0.717) is 17.4 Å². The molecule has 21 heavy (non-hydrogen) atoms. The SMILES string of the molecule is CCOc1ccccc1C(N)c1cc2cc(Cl)ccc2o1. The molecule has 0 amide bonds. The van der Waals surface area contributed by atoms with E-state index in [4.69, 9.17) is 26.5 Å². The number of hydrogen-bond acceptors (Lipinski definition) is 3. The Morgan fingerprint density at radius 3 is 2.81 bits per heavy atom. The van der Waals surface area contributed by atoms with E-state index >= 15 is 0 Å². The summed E-state index contributed by atoms with van der Waals surface area (Å²) in [6, 6.07) is 14.8. The maximum absolute atomic E-state index is 6.34. The van der Waals surface area contributed by atoms with Crippen LogP contribution in [0.1, 0.15) is 24.3 Å². The highest BCUT2D eigenvalue weighted by atomic mass is 35.5. The number of hydrogen-bond donors (Lipinski definition) is 1. The zero-order valence-corrected chi connectivity index (χ0v) is 12.4. The van der Waals surface area contributed by atoms with Gasteiger partial charge in [0.15, 0.2) is 0 Å². The minimum absolute atomic E-state index is 0.376. The molecule has 3 aromatic rings. The van der Waals surface area contributed by atoms with Crippen LogP contribution in [-0.2, 0) is 0 Å². The zero-order valence-electron chi connectivity index (χ0n) is 11.7. The Morgan fingerprint density at radius 1 is 1.19 bits per heavy atom. The van der Waals surface area contributed by atoms with Gasteiger partial charge in [-0.25, -0.2) is 0 Å². The van der Waals surface area contributed by atoms with Gasteiger partial charge in [-0.1, -0.05) is 29.8 Å². The van der Waals surface area contributed by atoms with Gasteiger partial charge in [0.1, 0.15) is 17.1 Å². The van der Waals surface area contributed by atoms with Crippen molar-refractivity contribution in [1.82, 2.24) is 0 Å². The molecule has 0 aliphatic heterocycles. The van der Waals surface area contributed by atoms with Crippen LogP contribution in [-0.4, -0.2) is 6.61 Å². The Labute approximate surface area is 128 Å². The number of benzene rings is 2. The summed E-state index contributed by atoms with van der Waals surface area (Å²) in [6.07, 6.45) is 0. The van der Waals surface area contributed by atoms with Gasteiger partial charge in [0.2, 0.25) is 0 Å². The zero-order chi connectivity index (χ0) is 14.8. The van der Waals surface area contributed by atoms with Crippen LogP contribution < -0.4 is 10.5 Å². The quantitative estimate of drug-likeness (QED) is 0.770. The van der Waals surface area contributed by atoms with Crippen LogP contribution in [0, 0.1) is 0 Å². The van der Waals surface area contributed by atoms with Gasteiger partial charge in [-0.15, -0.1) is 0 Å². The van der Waals surface area contributed by atoms with E-state index in [2.05, 4.69) is 0 Å². The summed E-state index contributed by atoms with van der Waals surface area (Å²) in [5, 5.41) is 1.62. The van der Waals surface area contributed by atoms with Crippen molar-refractivity contribution >= 4 is 22.6 Å². The number of furan rings is 1. The second-order valence-electron chi connectivity index (χ2n) is 4.78. The van der Waals surface area contributed by atoms with Crippen molar-refractivity contribution < 1.29 is 9.15 Å². The summed E-state index contributed by atoms with van der Waals surface area (Å²) >= 11 is 6.00. The fourth-order valence-corrected chi connectivity index (χ4v) is 2.55. The molecule has 1 unspecified atom stereocenters. The lowest BCUT2D eigenvalue weighted by Crippen LogP contribution is -2.12. The fourth-order valence-electron chi connectivity index (χ4n) is 2.37. The number of fused-ring (bicyclic) bond motifs is 1. The van der Waals surface area contributed by atoms with Gasteiger partial charge >= 0.3 is 0 Å². The van der Waals surface area contributed by atoms with E-state index in [1.165, 1.54) is 0 Å². The van der Waals surface area contributed by atoms with E-state index in [-0.39, 0.29) is 6.04 Å². The largest absolute Gasteiger partial charge is 0.494 e. The van der Waals surface area contributed by atoms with Gasteiger partial charge in [-0.3, -0.25) is 0 Å². The first kappa shape index (κ1) is 14.0. The third-order valence-electron chi connectivity index (χ3n) is 3.36. The number of nitrogens with two attached hydrogens (primary N) is 1. The van der Waals surface area contributed by atoms with Crippen molar-refractivity contribution in [2.45, 2.75) is 13.0 Å². The van der Waals surface area contributed by atoms with Crippen molar-refractivity contribution in [1.29, 1.82) is 0 Å². The Bertz CT molecular complexity index is 766. The minimum Gasteiger partial charge on any atom is -0.494 e. The first-order chi connectivity index (χ1) is 10.2. The van der Waals surface area contributed by atoms with Crippen LogP contribution in [0.4, 0.5) is 0 Å². The number of ether oxygens (including phenoxy) is 1. The molecule has 0 aliphatic rings. The highest BCUT2D eigenvalue weighted by Gasteiger charge is 2.18. The summed E-state index contributed by atoms with van der Waals surface area (Å²) in [4.78, 5) is 0. The molecule has 108 valence electrons. The summed E-state index contributed by atoms with van der Waals surface area (Å²) in [5.41, 5.74) is 8.03. The Hall–Kier alpha value is -1.97. The molecule has 0 bridgehead atoms. The van der Waals surface area contributed by atoms with Gasteiger partial charge in [0.05, 0.1) is 12.6 Å². The highest BCUT2D eigenvalue weighted by Crippen LogP contribution is 2.32. The average molecular weight is 302 g/mol. The molecule has 3 nitrogen and oxygen atoms in total. The summed E-state index contributed by atoms with van der Waals surface area (Å²) in [7, 11) is 0. The lowest BCUT2D eigenvalue weighted by molar-refractivity contribution is 0.334. The predicted molar refractivity (Wildman–Crippen MR) is 84.9 cm³/mol. The predicted octanol–water partition coefficient (Wildman–Crippen LogP) is 4.53. The summed E-state index contributed by atoms with van der Waals surface area (Å²) in [6.45, 7) is 2.55. The van der Waals surface area contributed by atoms with Crippen LogP contribution >= 0.6 is 11.6 Å². The third-order valence-corrected chi connectivity index (χ3v) is 3.59. The van der Waals surface area contributed by atoms with E-state index in [0.717, 1.165) is 22.3 Å². The van der Waals surface area contributed by atoms with Crippen molar-refractivity contribution in [3.63, 3.8) is 0 Å². The molecular formula is C17H16ClNO2. The second-order valence-corrected chi connectivity index (χ2v) is 5.22. The molecule has 0 fully saturated rings. The number of rotatable bonds is 4. The van der Waals surface area contributed by atoms with Gasteiger partial charge in [0.25, 0.3) is 0 Å². The van der Waals surface area contributed by atoms with Crippen molar-refractivity contribution in [3.8, 4) is 5.75 Å². The monoisotopic (exact) mass is 301 g/mol. The van der Waals surface area contributed by atoms with Gasteiger partial charge in [-0.2, -0.15) is 0 Å². The van der Waals surface area contributed by atoms with E-state index < -0.39 is 0 Å². The molecule has 1 atom stereocenters. The van der Waals surface area contributed by atoms with Crippen LogP contribution in [0.3, 0.4) is 0 Å². The Morgan fingerprint density at radius 2 is 2.00 bits per heavy atom. The number of halogens is 1. The molecule has 0 radical (unpaired) electrons. The van der Waals surface area contributed by atoms with Crippen LogP contribution in [0.15, 0.2) is 52.9 Å². The molecule has 0 saturated heterocycles. The van der Waals surface area contributed by atoms with Crippen LogP contribution in [0.2, 0.25) is 5.02 Å². The molecule has 2 aromatic carbocycles. The first-order valence-corrected chi connectivity index (χ1v) is 7.23. The van der Waals surface area contributed by atoms with Gasteiger partial charge in [0, 0.05) is 16.0 Å². The summed E-state index contributed by atoms with van der Waals surface area (Å²) in [5.74, 6) is 1.48. The van der Waals surface area contributed by atoms with E-state index in [9.17, 15) is 0 Å². The molecule has 0 aliphatic carbocycles. The van der Waals surface area contributed by atoms with Crippen molar-refractivity contribution in [2.75, 3.05) is 6.61 Å². The number of para-hydroxylation sites is 1. The van der Waals surface area contributed by atoms with Gasteiger partial charge < -0.3 is 14.9 Å². The highest BCUT2D eigenvalue weighted by molar-refractivity contribution is 6.31. The topological polar surface area (TPSA) is 48.4 Å². The van der Waals surface area contributed by atoms with Gasteiger partial charge in [-0.05, 0) is 37.3 Å². The first-order valence-electron chi connectivity index (χ1n) is 6.85. The smallest absolute Gasteiger partial charge is 0.134 e. The third kappa shape index (κ3) is 2.75. The molecular weight excluding hydrogens is 286 g/mol. The minimum atomic E-state index is -0.376. The van der Waals surface area contributed by atoms with Crippen molar-refractivity contribution in [3.05, 3.63) is 64.9 Å². The van der Waals surface area contributed by atoms with E-state index in [1.807, 2.05) is 49.4 Å². The van der Waals surface area contributed by atoms with Crippen molar-refractivity contribution in [2.24, 2.45) is 5.73 Å². The molecule has 0 saturated carbocycles. The maximum Gasteiger partial charge on any atom is 0.134 e. The maximum atomic E-state index is 6.34.